The molecule has 180 valence electrons. The average Bonchev–Trinajstić information content (AvgIpc) is 3.62. The summed E-state index contributed by atoms with van der Waals surface area (Å²) >= 11 is 0. The fourth-order valence-corrected chi connectivity index (χ4v) is 5.56. The van der Waals surface area contributed by atoms with E-state index in [1.54, 1.807) is 0 Å². The summed E-state index contributed by atoms with van der Waals surface area (Å²) in [6.07, 6.45) is 4.26. The first kappa shape index (κ1) is 24.7. The van der Waals surface area contributed by atoms with E-state index in [0.29, 0.717) is 25.4 Å². The van der Waals surface area contributed by atoms with Crippen molar-refractivity contribution >= 4 is 18.3 Å². The van der Waals surface area contributed by atoms with Crippen LogP contribution in [0.5, 0.6) is 0 Å². The molecule has 2 saturated carbocycles. The highest BCUT2D eigenvalue weighted by Gasteiger charge is 2.70. The second kappa shape index (κ2) is 8.76. The van der Waals surface area contributed by atoms with Crippen molar-refractivity contribution in [2.24, 2.45) is 28.9 Å². The van der Waals surface area contributed by atoms with Gasteiger partial charge in [-0.15, -0.1) is 0 Å². The van der Waals surface area contributed by atoms with Crippen LogP contribution in [0.1, 0.15) is 53.4 Å². The maximum absolute atomic E-state index is 12.5. The van der Waals surface area contributed by atoms with Crippen molar-refractivity contribution in [1.29, 1.82) is 0 Å². The normalized spacial score (nSPS) is 37.5. The van der Waals surface area contributed by atoms with Crippen molar-refractivity contribution < 1.29 is 34.1 Å². The van der Waals surface area contributed by atoms with Crippen molar-refractivity contribution in [3.8, 4) is 0 Å². The maximum atomic E-state index is 12.5. The molecule has 3 aliphatic rings. The zero-order chi connectivity index (χ0) is 23.9. The van der Waals surface area contributed by atoms with Gasteiger partial charge in [-0.1, -0.05) is 18.6 Å². The van der Waals surface area contributed by atoms with Gasteiger partial charge in [0.15, 0.2) is 0 Å². The summed E-state index contributed by atoms with van der Waals surface area (Å²) in [6.45, 7) is 7.39. The Kier molecular flexibility index (Phi) is 6.75. The smallest absolute Gasteiger partial charge is 0.408 e. The topological polar surface area (TPSA) is 151 Å². The summed E-state index contributed by atoms with van der Waals surface area (Å²) in [5.41, 5.74) is 4.17. The molecular weight excluding hydrogens is 416 g/mol. The number of allylic oxidation sites excluding steroid dienone is 1. The second-order valence-electron chi connectivity index (χ2n) is 10.5. The number of aldehydes is 1. The molecule has 2 amide bonds. The lowest BCUT2D eigenvalue weighted by Gasteiger charge is -2.43. The molecule has 9 nitrogen and oxygen atoms in total. The number of epoxide rings is 1. The Hall–Kier alpha value is -1.97. The summed E-state index contributed by atoms with van der Waals surface area (Å²) in [7, 11) is 0. The van der Waals surface area contributed by atoms with E-state index in [1.165, 1.54) is 13.8 Å². The number of primary amides is 1. The molecule has 1 spiro atoms. The summed E-state index contributed by atoms with van der Waals surface area (Å²) in [5, 5.41) is 21.7. The van der Waals surface area contributed by atoms with Gasteiger partial charge in [0.1, 0.15) is 18.4 Å². The van der Waals surface area contributed by atoms with E-state index < -0.39 is 35.7 Å². The first-order valence-corrected chi connectivity index (χ1v) is 11.2. The van der Waals surface area contributed by atoms with Gasteiger partial charge in [0.25, 0.3) is 0 Å². The first-order valence-electron chi connectivity index (χ1n) is 11.2. The van der Waals surface area contributed by atoms with Crippen molar-refractivity contribution in [3.05, 3.63) is 11.6 Å². The summed E-state index contributed by atoms with van der Waals surface area (Å²) in [4.78, 5) is 36.4. The van der Waals surface area contributed by atoms with Crippen LogP contribution in [0.25, 0.3) is 0 Å². The number of nitrogens with two attached hydrogens (primary N) is 1. The van der Waals surface area contributed by atoms with Crippen LogP contribution < -0.4 is 11.1 Å². The fraction of sp³-hybridized carbons (Fsp3) is 0.783. The molecular formula is C23H36N2O7. The number of hydrogen-bond acceptors (Lipinski definition) is 7. The highest BCUT2D eigenvalue weighted by atomic mass is 16.6. The monoisotopic (exact) mass is 452 g/mol. The Morgan fingerprint density at radius 1 is 1.41 bits per heavy atom. The van der Waals surface area contributed by atoms with E-state index in [2.05, 4.69) is 12.2 Å². The van der Waals surface area contributed by atoms with Crippen LogP contribution in [-0.4, -0.2) is 65.1 Å². The number of alkyl carbamates (subject to hydrolysis) is 1. The number of ether oxygens (including phenoxy) is 2. The number of aliphatic hydroxyl groups is 2. The predicted molar refractivity (Wildman–Crippen MR) is 115 cm³/mol. The number of carbonyl (C=O) groups is 3. The molecule has 3 fully saturated rings. The standard InChI is InChI=1S/C23H36N2O7/c1-13(10-26)5-6-14-9-22(14,4)17-15(11-27)16(7-8-23(17)12-31-23)32-20(29)25-18(19(24)28)21(2,3)30/h5,11,14-18,26,30H,6-10,12H2,1-4H3,(H2,24,28)(H,25,29)/b13-5+/t14-,15+,16+,17?,18-,22-,23-/m0/s1. The number of amides is 2. The molecule has 3 rings (SSSR count). The van der Waals surface area contributed by atoms with Crippen molar-refractivity contribution in [1.82, 2.24) is 5.32 Å². The lowest BCUT2D eigenvalue weighted by atomic mass is 9.63. The second-order valence-corrected chi connectivity index (χ2v) is 10.5. The molecule has 32 heavy (non-hydrogen) atoms. The Morgan fingerprint density at radius 2 is 2.06 bits per heavy atom. The third-order valence-electron chi connectivity index (χ3n) is 7.59. The molecule has 0 aromatic rings. The van der Waals surface area contributed by atoms with Gasteiger partial charge >= 0.3 is 6.09 Å². The van der Waals surface area contributed by atoms with Gasteiger partial charge in [0, 0.05) is 5.92 Å². The maximum Gasteiger partial charge on any atom is 0.408 e. The molecule has 1 unspecified atom stereocenters. The van der Waals surface area contributed by atoms with Crippen LogP contribution in [0.3, 0.4) is 0 Å². The zero-order valence-corrected chi connectivity index (χ0v) is 19.3. The number of carbonyl (C=O) groups excluding carboxylic acids is 3. The first-order chi connectivity index (χ1) is 14.9. The molecule has 0 aromatic carbocycles. The molecule has 1 heterocycles. The van der Waals surface area contributed by atoms with Gasteiger partial charge in [0.2, 0.25) is 5.91 Å². The quantitative estimate of drug-likeness (QED) is 0.232. The Morgan fingerprint density at radius 3 is 2.56 bits per heavy atom. The largest absolute Gasteiger partial charge is 0.445 e. The van der Waals surface area contributed by atoms with Gasteiger partial charge in [-0.25, -0.2) is 4.79 Å². The van der Waals surface area contributed by atoms with Crippen molar-refractivity contribution in [3.63, 3.8) is 0 Å². The van der Waals surface area contributed by atoms with Crippen LogP contribution in [0, 0.1) is 23.2 Å². The van der Waals surface area contributed by atoms with Gasteiger partial charge in [-0.3, -0.25) is 4.79 Å². The highest BCUT2D eigenvalue weighted by molar-refractivity contribution is 5.85. The molecule has 0 radical (unpaired) electrons. The number of aliphatic hydroxyl groups excluding tert-OH is 1. The Balaban J connectivity index is 1.73. The van der Waals surface area contributed by atoms with Gasteiger partial charge < -0.3 is 35.5 Å². The predicted octanol–water partition coefficient (Wildman–Crippen LogP) is 1.06. The van der Waals surface area contributed by atoms with E-state index in [-0.39, 0.29) is 23.5 Å². The Bertz CT molecular complexity index is 786. The zero-order valence-electron chi connectivity index (χ0n) is 19.3. The van der Waals surface area contributed by atoms with Crippen molar-refractivity contribution in [2.45, 2.75) is 76.7 Å². The molecule has 0 bridgehead atoms. The SMILES string of the molecule is C/C(=C\C[C@H]1C[C@]1(C)C1[C@H](C=O)[C@H](OC(=O)N[C@@H](C(N)=O)C(C)(C)O)CC[C@]12CO2)CO. The lowest BCUT2D eigenvalue weighted by Crippen LogP contribution is -2.57. The van der Waals surface area contributed by atoms with E-state index in [1.807, 2.05) is 13.0 Å². The minimum Gasteiger partial charge on any atom is -0.445 e. The van der Waals surface area contributed by atoms with Crippen LogP contribution in [-0.2, 0) is 19.1 Å². The summed E-state index contributed by atoms with van der Waals surface area (Å²) in [5.74, 6) is -1.15. The van der Waals surface area contributed by atoms with Gasteiger partial charge in [-0.05, 0) is 57.8 Å². The molecule has 7 atom stereocenters. The van der Waals surface area contributed by atoms with E-state index in [0.717, 1.165) is 24.7 Å². The van der Waals surface area contributed by atoms with Crippen LogP contribution in [0.15, 0.2) is 11.6 Å². The molecule has 1 aliphatic heterocycles. The van der Waals surface area contributed by atoms with E-state index >= 15 is 0 Å². The lowest BCUT2D eigenvalue weighted by molar-refractivity contribution is -0.128. The third kappa shape index (κ3) is 4.84. The van der Waals surface area contributed by atoms with Crippen LogP contribution in [0.4, 0.5) is 4.79 Å². The number of hydrogen-bond donors (Lipinski definition) is 4. The average molecular weight is 453 g/mol. The molecule has 1 saturated heterocycles. The Labute approximate surface area is 188 Å². The fourth-order valence-electron chi connectivity index (χ4n) is 5.56. The third-order valence-corrected chi connectivity index (χ3v) is 7.59. The molecule has 9 heteroatoms. The summed E-state index contributed by atoms with van der Waals surface area (Å²) in [6, 6.07) is -1.32. The number of rotatable bonds is 9. The minimum atomic E-state index is -1.56. The van der Waals surface area contributed by atoms with Gasteiger partial charge in [-0.2, -0.15) is 0 Å². The van der Waals surface area contributed by atoms with Crippen LogP contribution >= 0.6 is 0 Å². The van der Waals surface area contributed by atoms with Gasteiger partial charge in [0.05, 0.1) is 30.3 Å². The molecule has 5 N–H and O–H groups in total. The summed E-state index contributed by atoms with van der Waals surface area (Å²) < 4.78 is 11.5. The molecule has 2 aliphatic carbocycles. The van der Waals surface area contributed by atoms with E-state index in [4.69, 9.17) is 15.2 Å². The van der Waals surface area contributed by atoms with Crippen LogP contribution in [0.2, 0.25) is 0 Å². The number of nitrogens with one attached hydrogen (secondary N) is 1. The molecule has 0 aromatic heterocycles. The highest BCUT2D eigenvalue weighted by Crippen LogP contribution is 2.68. The van der Waals surface area contributed by atoms with E-state index in [9.17, 15) is 24.6 Å². The minimum absolute atomic E-state index is 0.0266. The van der Waals surface area contributed by atoms with Crippen molar-refractivity contribution in [2.75, 3.05) is 13.2 Å².